The minimum atomic E-state index is 0. The zero-order chi connectivity index (χ0) is 19.5. The molecule has 1 atom stereocenters. The number of guanidine groups is 1. The van der Waals surface area contributed by atoms with Gasteiger partial charge in [-0.1, -0.05) is 25.1 Å². The average Bonchev–Trinajstić information content (AvgIpc) is 2.73. The highest BCUT2D eigenvalue weighted by atomic mass is 127. The van der Waals surface area contributed by atoms with Crippen LogP contribution >= 0.6 is 24.0 Å². The van der Waals surface area contributed by atoms with Gasteiger partial charge in [0, 0.05) is 19.5 Å². The Kier molecular flexibility index (Phi) is 11.2. The first kappa shape index (κ1) is 23.9. The van der Waals surface area contributed by atoms with Crippen LogP contribution in [0.2, 0.25) is 0 Å². The molecule has 0 aromatic heterocycles. The van der Waals surface area contributed by atoms with Crippen molar-refractivity contribution in [1.29, 1.82) is 0 Å². The third-order valence-electron chi connectivity index (χ3n) is 4.19. The Bertz CT molecular complexity index is 723. The highest BCUT2D eigenvalue weighted by molar-refractivity contribution is 14.0. The van der Waals surface area contributed by atoms with Crippen molar-refractivity contribution in [2.45, 2.75) is 12.8 Å². The number of halogens is 1. The third kappa shape index (κ3) is 7.46. The summed E-state index contributed by atoms with van der Waals surface area (Å²) in [5.41, 5.74) is 1.17. The lowest BCUT2D eigenvalue weighted by molar-refractivity contribution is 0.321. The number of hydrogen-bond donors (Lipinski definition) is 2. The maximum atomic E-state index is 5.71. The minimum absolute atomic E-state index is 0. The second-order valence-electron chi connectivity index (χ2n) is 6.05. The summed E-state index contributed by atoms with van der Waals surface area (Å²) >= 11 is 0. The highest BCUT2D eigenvalue weighted by Crippen LogP contribution is 2.25. The first-order valence-corrected chi connectivity index (χ1v) is 9.02. The van der Waals surface area contributed by atoms with Crippen molar-refractivity contribution in [2.75, 3.05) is 41.0 Å². The molecule has 6 nitrogen and oxygen atoms in total. The van der Waals surface area contributed by atoms with E-state index in [0.717, 1.165) is 29.8 Å². The monoisotopic (exact) mass is 499 g/mol. The molecule has 0 heterocycles. The Morgan fingerprint density at radius 3 is 2.29 bits per heavy atom. The normalized spacial score (nSPS) is 11.8. The van der Waals surface area contributed by atoms with Crippen molar-refractivity contribution in [3.05, 3.63) is 54.1 Å². The van der Waals surface area contributed by atoms with Crippen LogP contribution in [0.5, 0.6) is 17.2 Å². The summed E-state index contributed by atoms with van der Waals surface area (Å²) < 4.78 is 16.3. The molecule has 0 saturated carbocycles. The lowest BCUT2D eigenvalue weighted by Gasteiger charge is -2.18. The predicted octanol–water partition coefficient (Wildman–Crippen LogP) is 3.67. The van der Waals surface area contributed by atoms with Gasteiger partial charge in [-0.05, 0) is 35.9 Å². The van der Waals surface area contributed by atoms with Crippen LogP contribution in [0, 0.1) is 0 Å². The van der Waals surface area contributed by atoms with Crippen molar-refractivity contribution >= 4 is 29.9 Å². The van der Waals surface area contributed by atoms with E-state index in [2.05, 4.69) is 28.6 Å². The molecule has 2 aromatic carbocycles. The van der Waals surface area contributed by atoms with Crippen LogP contribution in [0.4, 0.5) is 0 Å². The molecular weight excluding hydrogens is 469 g/mol. The zero-order valence-electron chi connectivity index (χ0n) is 16.9. The molecule has 1 unspecified atom stereocenters. The molecule has 154 valence electrons. The van der Waals surface area contributed by atoms with Crippen molar-refractivity contribution in [1.82, 2.24) is 10.6 Å². The number of benzene rings is 2. The summed E-state index contributed by atoms with van der Waals surface area (Å²) in [7, 11) is 5.10. The van der Waals surface area contributed by atoms with Crippen LogP contribution in [-0.4, -0.2) is 46.9 Å². The largest absolute Gasteiger partial charge is 0.497 e. The van der Waals surface area contributed by atoms with Gasteiger partial charge in [-0.2, -0.15) is 0 Å². The van der Waals surface area contributed by atoms with Crippen LogP contribution in [0.1, 0.15) is 18.4 Å². The maximum Gasteiger partial charge on any atom is 0.191 e. The Morgan fingerprint density at radius 2 is 1.64 bits per heavy atom. The third-order valence-corrected chi connectivity index (χ3v) is 4.19. The lowest BCUT2D eigenvalue weighted by Crippen LogP contribution is -2.40. The quantitative estimate of drug-likeness (QED) is 0.239. The van der Waals surface area contributed by atoms with E-state index >= 15 is 0 Å². The van der Waals surface area contributed by atoms with Crippen molar-refractivity contribution < 1.29 is 14.2 Å². The fraction of sp³-hybridized carbons (Fsp3) is 0.381. The van der Waals surface area contributed by atoms with Crippen LogP contribution in [0.25, 0.3) is 0 Å². The lowest BCUT2D eigenvalue weighted by atomic mass is 10.0. The van der Waals surface area contributed by atoms with Gasteiger partial charge >= 0.3 is 0 Å². The molecule has 0 aliphatic carbocycles. The summed E-state index contributed by atoms with van der Waals surface area (Å²) in [5, 5.41) is 6.60. The molecule has 0 aliphatic rings. The van der Waals surface area contributed by atoms with Crippen LogP contribution in [0.15, 0.2) is 53.5 Å². The number of rotatable bonds is 9. The predicted molar refractivity (Wildman–Crippen MR) is 125 cm³/mol. The number of aliphatic imine (C=N–C) groups is 1. The van der Waals surface area contributed by atoms with Gasteiger partial charge in [-0.25, -0.2) is 0 Å². The first-order valence-electron chi connectivity index (χ1n) is 9.02. The fourth-order valence-corrected chi connectivity index (χ4v) is 2.66. The van der Waals surface area contributed by atoms with Crippen molar-refractivity contribution in [3.63, 3.8) is 0 Å². The van der Waals surface area contributed by atoms with Crippen molar-refractivity contribution in [2.24, 2.45) is 4.99 Å². The van der Waals surface area contributed by atoms with Gasteiger partial charge in [-0.3, -0.25) is 4.99 Å². The Morgan fingerprint density at radius 1 is 0.964 bits per heavy atom. The summed E-state index contributed by atoms with van der Waals surface area (Å²) in [5.74, 6) is 3.56. The van der Waals surface area contributed by atoms with E-state index in [9.17, 15) is 0 Å². The number of hydrogen-bond acceptors (Lipinski definition) is 4. The molecule has 0 spiro atoms. The molecule has 0 radical (unpaired) electrons. The van der Waals surface area contributed by atoms with E-state index < -0.39 is 0 Å². The Hall–Kier alpha value is -2.16. The van der Waals surface area contributed by atoms with Gasteiger partial charge in [0.25, 0.3) is 0 Å². The van der Waals surface area contributed by atoms with Crippen LogP contribution in [-0.2, 0) is 0 Å². The van der Waals surface area contributed by atoms with Gasteiger partial charge < -0.3 is 24.8 Å². The van der Waals surface area contributed by atoms with Crippen molar-refractivity contribution in [3.8, 4) is 17.2 Å². The highest BCUT2D eigenvalue weighted by Gasteiger charge is 2.11. The summed E-state index contributed by atoms with van der Waals surface area (Å²) in [4.78, 5) is 4.25. The molecule has 7 heteroatoms. The smallest absolute Gasteiger partial charge is 0.191 e. The fourth-order valence-electron chi connectivity index (χ4n) is 2.66. The number of ether oxygens (including phenoxy) is 3. The van der Waals surface area contributed by atoms with E-state index in [1.165, 1.54) is 5.56 Å². The van der Waals surface area contributed by atoms with Crippen LogP contribution in [0.3, 0.4) is 0 Å². The van der Waals surface area contributed by atoms with Gasteiger partial charge in [0.2, 0.25) is 0 Å². The number of nitrogens with one attached hydrogen (secondary N) is 2. The maximum absolute atomic E-state index is 5.71. The van der Waals surface area contributed by atoms with Crippen LogP contribution < -0.4 is 24.8 Å². The Labute approximate surface area is 184 Å². The molecule has 0 saturated heterocycles. The summed E-state index contributed by atoms with van der Waals surface area (Å²) in [6.45, 7) is 4.09. The standard InChI is InChI=1S/C21H29N3O3.HI/c1-16(19-7-5-6-8-20(19)26-4)15-24-21(22-2)23-13-14-27-18-11-9-17(25-3)10-12-18;/h5-12,16H,13-15H2,1-4H3,(H2,22,23,24);1H. The van der Waals surface area contributed by atoms with E-state index in [1.807, 2.05) is 42.5 Å². The molecule has 0 bridgehead atoms. The number of methoxy groups -OCH3 is 2. The second kappa shape index (κ2) is 13.1. The van der Waals surface area contributed by atoms with Gasteiger partial charge in [-0.15, -0.1) is 24.0 Å². The molecule has 0 amide bonds. The van der Waals surface area contributed by atoms with E-state index in [0.29, 0.717) is 13.2 Å². The molecular formula is C21H30IN3O3. The molecule has 28 heavy (non-hydrogen) atoms. The van der Waals surface area contributed by atoms with Gasteiger partial charge in [0.1, 0.15) is 23.9 Å². The molecule has 0 fully saturated rings. The van der Waals surface area contributed by atoms with Gasteiger partial charge in [0.05, 0.1) is 20.8 Å². The molecule has 0 aliphatic heterocycles. The molecule has 2 N–H and O–H groups in total. The van der Waals surface area contributed by atoms with Gasteiger partial charge in [0.15, 0.2) is 5.96 Å². The van der Waals surface area contributed by atoms with E-state index in [1.54, 1.807) is 21.3 Å². The topological polar surface area (TPSA) is 64.1 Å². The minimum Gasteiger partial charge on any atom is -0.497 e. The number of para-hydroxylation sites is 1. The van der Waals surface area contributed by atoms with E-state index in [4.69, 9.17) is 14.2 Å². The molecule has 2 rings (SSSR count). The van der Waals surface area contributed by atoms with E-state index in [-0.39, 0.29) is 29.9 Å². The average molecular weight is 499 g/mol. The summed E-state index contributed by atoms with van der Waals surface area (Å²) in [6, 6.07) is 15.6. The number of nitrogens with zero attached hydrogens (tertiary/aromatic N) is 1. The SMILES string of the molecule is CN=C(NCCOc1ccc(OC)cc1)NCC(C)c1ccccc1OC.I. The molecule has 2 aromatic rings. The second-order valence-corrected chi connectivity index (χ2v) is 6.05. The zero-order valence-corrected chi connectivity index (χ0v) is 19.2. The first-order chi connectivity index (χ1) is 13.2. The Balaban J connectivity index is 0.00000392. The summed E-state index contributed by atoms with van der Waals surface area (Å²) in [6.07, 6.45) is 0.